The third-order valence-electron chi connectivity index (χ3n) is 6.18. The molecule has 6 atom stereocenters. The van der Waals surface area contributed by atoms with Gasteiger partial charge in [0.1, 0.15) is 6.10 Å². The molecule has 0 amide bonds. The molecule has 0 aromatic carbocycles. The van der Waals surface area contributed by atoms with Crippen LogP contribution in [0.5, 0.6) is 0 Å². The number of fused-ring (bicyclic) bond motifs is 2. The maximum atomic E-state index is 12.1. The average Bonchev–Trinajstić information content (AvgIpc) is 3.02. The summed E-state index contributed by atoms with van der Waals surface area (Å²) in [6.07, 6.45) is 2.64. The summed E-state index contributed by atoms with van der Waals surface area (Å²) in [4.78, 5) is 24.0. The summed E-state index contributed by atoms with van der Waals surface area (Å²) in [5.74, 6) is -2.27. The highest BCUT2D eigenvalue weighted by Gasteiger charge is 2.60. The summed E-state index contributed by atoms with van der Waals surface area (Å²) < 4.78 is 16.9. The molecular weight excluding hydrogens is 288 g/mol. The Morgan fingerprint density at radius 1 is 1.32 bits per heavy atom. The van der Waals surface area contributed by atoms with Gasteiger partial charge in [-0.25, -0.2) is 0 Å². The van der Waals surface area contributed by atoms with E-state index in [1.807, 2.05) is 6.92 Å². The highest BCUT2D eigenvalue weighted by molar-refractivity contribution is 5.79. The van der Waals surface area contributed by atoms with Gasteiger partial charge in [-0.1, -0.05) is 0 Å². The minimum absolute atomic E-state index is 0.0918. The summed E-state index contributed by atoms with van der Waals surface area (Å²) in [7, 11) is 0. The molecule has 22 heavy (non-hydrogen) atoms. The first kappa shape index (κ1) is 14.5. The van der Waals surface area contributed by atoms with Gasteiger partial charge >= 0.3 is 11.9 Å². The van der Waals surface area contributed by atoms with Gasteiger partial charge in [0.15, 0.2) is 5.79 Å². The molecule has 2 aliphatic carbocycles. The van der Waals surface area contributed by atoms with Crippen molar-refractivity contribution in [3.05, 3.63) is 0 Å². The number of hydrogen-bond donors (Lipinski definition) is 1. The van der Waals surface area contributed by atoms with Gasteiger partial charge in [0, 0.05) is 18.8 Å². The van der Waals surface area contributed by atoms with E-state index in [0.717, 1.165) is 12.8 Å². The Morgan fingerprint density at radius 2 is 2.05 bits per heavy atom. The van der Waals surface area contributed by atoms with E-state index in [4.69, 9.17) is 14.2 Å². The van der Waals surface area contributed by atoms with Crippen molar-refractivity contribution in [1.82, 2.24) is 0 Å². The monoisotopic (exact) mass is 310 g/mol. The van der Waals surface area contributed by atoms with Gasteiger partial charge in [-0.3, -0.25) is 9.59 Å². The van der Waals surface area contributed by atoms with Crippen LogP contribution in [0.4, 0.5) is 0 Å². The molecule has 6 heteroatoms. The Morgan fingerprint density at radius 3 is 2.73 bits per heavy atom. The van der Waals surface area contributed by atoms with Gasteiger partial charge in [0.25, 0.3) is 0 Å². The number of carbonyl (C=O) groups excluding carboxylic acids is 1. The van der Waals surface area contributed by atoms with Gasteiger partial charge in [0.2, 0.25) is 0 Å². The molecule has 2 heterocycles. The zero-order valence-corrected chi connectivity index (χ0v) is 12.7. The number of carboxylic acid groups (broad SMARTS) is 1. The molecule has 2 saturated heterocycles. The number of ether oxygens (including phenoxy) is 3. The zero-order valence-electron chi connectivity index (χ0n) is 12.7. The van der Waals surface area contributed by atoms with Crippen LogP contribution >= 0.6 is 0 Å². The van der Waals surface area contributed by atoms with Crippen LogP contribution in [0.1, 0.15) is 32.6 Å². The van der Waals surface area contributed by atoms with E-state index >= 15 is 0 Å². The topological polar surface area (TPSA) is 82.1 Å². The van der Waals surface area contributed by atoms with Crippen LogP contribution < -0.4 is 0 Å². The van der Waals surface area contributed by atoms with E-state index in [9.17, 15) is 14.7 Å². The van der Waals surface area contributed by atoms with Crippen molar-refractivity contribution in [2.75, 3.05) is 13.2 Å². The lowest BCUT2D eigenvalue weighted by atomic mass is 9.56. The Bertz CT molecular complexity index is 497. The maximum Gasteiger partial charge on any atom is 0.309 e. The number of aliphatic carboxylic acids is 1. The fourth-order valence-electron chi connectivity index (χ4n) is 5.35. The summed E-state index contributed by atoms with van der Waals surface area (Å²) in [6, 6.07) is 0. The van der Waals surface area contributed by atoms with Crippen LogP contribution in [0.2, 0.25) is 0 Å². The molecule has 0 aromatic rings. The molecule has 1 N–H and O–H groups in total. The second-order valence-electron chi connectivity index (χ2n) is 7.20. The van der Waals surface area contributed by atoms with E-state index < -0.39 is 17.7 Å². The SMILES string of the molecule is CC1OC(=O)C2CC3CC4(CCC3C(C(=O)O)C12)OCCO4. The quantitative estimate of drug-likeness (QED) is 0.738. The molecule has 0 aromatic heterocycles. The Kier molecular flexibility index (Phi) is 3.24. The third kappa shape index (κ3) is 2.00. The minimum Gasteiger partial charge on any atom is -0.481 e. The summed E-state index contributed by atoms with van der Waals surface area (Å²) in [5, 5.41) is 9.76. The molecule has 6 nitrogen and oxygen atoms in total. The largest absolute Gasteiger partial charge is 0.481 e. The highest BCUT2D eigenvalue weighted by atomic mass is 16.7. The maximum absolute atomic E-state index is 12.1. The van der Waals surface area contributed by atoms with Crippen molar-refractivity contribution < 1.29 is 28.9 Å². The van der Waals surface area contributed by atoms with Crippen LogP contribution in [0.3, 0.4) is 0 Å². The van der Waals surface area contributed by atoms with E-state index in [-0.39, 0.29) is 35.7 Å². The fourth-order valence-corrected chi connectivity index (χ4v) is 5.35. The third-order valence-corrected chi connectivity index (χ3v) is 6.18. The second-order valence-corrected chi connectivity index (χ2v) is 7.20. The van der Waals surface area contributed by atoms with E-state index in [0.29, 0.717) is 26.1 Å². The molecule has 122 valence electrons. The van der Waals surface area contributed by atoms with Crippen molar-refractivity contribution in [3.8, 4) is 0 Å². The summed E-state index contributed by atoms with van der Waals surface area (Å²) >= 11 is 0. The smallest absolute Gasteiger partial charge is 0.309 e. The molecular formula is C16H22O6. The van der Waals surface area contributed by atoms with Crippen molar-refractivity contribution in [2.24, 2.45) is 29.6 Å². The number of cyclic esters (lactones) is 1. The Hall–Kier alpha value is -1.14. The molecule has 2 aliphatic heterocycles. The Labute approximate surface area is 129 Å². The number of carbonyl (C=O) groups is 2. The second kappa shape index (κ2) is 4.93. The van der Waals surface area contributed by atoms with E-state index in [1.165, 1.54) is 0 Å². The summed E-state index contributed by atoms with van der Waals surface area (Å²) in [6.45, 7) is 3.03. The molecule has 2 saturated carbocycles. The molecule has 6 unspecified atom stereocenters. The van der Waals surface area contributed by atoms with Crippen molar-refractivity contribution in [2.45, 2.75) is 44.5 Å². The number of carboxylic acids is 1. The van der Waals surface area contributed by atoms with Crippen molar-refractivity contribution in [3.63, 3.8) is 0 Å². The van der Waals surface area contributed by atoms with Crippen LogP contribution in [0.15, 0.2) is 0 Å². The number of hydrogen-bond acceptors (Lipinski definition) is 5. The zero-order chi connectivity index (χ0) is 15.5. The molecule has 4 aliphatic rings. The van der Waals surface area contributed by atoms with Crippen LogP contribution in [-0.4, -0.2) is 42.1 Å². The average molecular weight is 310 g/mol. The first-order chi connectivity index (χ1) is 10.5. The minimum atomic E-state index is -0.793. The lowest BCUT2D eigenvalue weighted by Gasteiger charge is -2.48. The lowest BCUT2D eigenvalue weighted by Crippen LogP contribution is -2.51. The normalized spacial score (nSPS) is 46.1. The fraction of sp³-hybridized carbons (Fsp3) is 0.875. The molecule has 4 rings (SSSR count). The van der Waals surface area contributed by atoms with Crippen molar-refractivity contribution >= 4 is 11.9 Å². The van der Waals surface area contributed by atoms with Crippen molar-refractivity contribution in [1.29, 1.82) is 0 Å². The molecule has 4 fully saturated rings. The van der Waals surface area contributed by atoms with E-state index in [1.54, 1.807) is 0 Å². The van der Waals surface area contributed by atoms with Gasteiger partial charge < -0.3 is 19.3 Å². The van der Waals surface area contributed by atoms with Crippen LogP contribution in [-0.2, 0) is 23.8 Å². The van der Waals surface area contributed by atoms with Crippen LogP contribution in [0.25, 0.3) is 0 Å². The molecule has 1 spiro atoms. The van der Waals surface area contributed by atoms with Gasteiger partial charge in [-0.2, -0.15) is 0 Å². The predicted octanol–water partition coefficient (Wildman–Crippen LogP) is 1.43. The lowest BCUT2D eigenvalue weighted by molar-refractivity contribution is -0.209. The van der Waals surface area contributed by atoms with E-state index in [2.05, 4.69) is 0 Å². The molecule has 0 radical (unpaired) electrons. The first-order valence-corrected chi connectivity index (χ1v) is 8.22. The first-order valence-electron chi connectivity index (χ1n) is 8.22. The number of esters is 1. The summed E-state index contributed by atoms with van der Waals surface area (Å²) in [5.41, 5.74) is 0. The van der Waals surface area contributed by atoms with Gasteiger partial charge in [-0.05, 0) is 31.6 Å². The van der Waals surface area contributed by atoms with Gasteiger partial charge in [0.05, 0.1) is 25.0 Å². The predicted molar refractivity (Wildman–Crippen MR) is 73.7 cm³/mol. The standard InChI is InChI=1S/C16H22O6/c1-8-12-11(15(19)22-8)6-9-7-16(20-4-5-21-16)3-2-10(9)13(12)14(17)18/h8-13H,2-7H2,1H3,(H,17,18). The van der Waals surface area contributed by atoms with Gasteiger partial charge in [-0.15, -0.1) is 0 Å². The molecule has 0 bridgehead atoms. The Balaban J connectivity index is 1.63. The highest BCUT2D eigenvalue weighted by Crippen LogP contribution is 2.55. The van der Waals surface area contributed by atoms with Crippen LogP contribution in [0, 0.1) is 29.6 Å². The number of rotatable bonds is 1.